The van der Waals surface area contributed by atoms with E-state index in [4.69, 9.17) is 9.72 Å². The van der Waals surface area contributed by atoms with Crippen molar-refractivity contribution < 1.29 is 9.53 Å². The predicted octanol–water partition coefficient (Wildman–Crippen LogP) is 5.99. The smallest absolute Gasteiger partial charge is 0.251 e. The normalized spacial score (nSPS) is 12.0. The second-order valence-electron chi connectivity index (χ2n) is 7.93. The highest BCUT2D eigenvalue weighted by Gasteiger charge is 2.19. The molecule has 0 aliphatic heterocycles. The number of nitrogens with one attached hydrogen (secondary N) is 1. The lowest BCUT2D eigenvalue weighted by Gasteiger charge is -2.17. The van der Waals surface area contributed by atoms with Crippen molar-refractivity contribution in [2.75, 3.05) is 6.61 Å². The van der Waals surface area contributed by atoms with Crippen molar-refractivity contribution in [3.8, 4) is 5.75 Å². The number of rotatable bonds is 7. The molecule has 4 rings (SSSR count). The molecular weight excluding hydrogens is 466 g/mol. The standard InChI is InChI=1S/C26H26BrN3O2/c1-17-11-12-18(2)24(15-17)32-14-13-30-23-10-5-4-9-22(23)29-25(30)19(3)28-26(31)20-7-6-8-21(27)16-20/h4-12,15-16,19H,13-14H2,1-3H3,(H,28,31). The number of para-hydroxylation sites is 2. The van der Waals surface area contributed by atoms with Gasteiger partial charge in [0, 0.05) is 10.0 Å². The Balaban J connectivity index is 1.55. The van der Waals surface area contributed by atoms with Gasteiger partial charge in [-0.2, -0.15) is 0 Å². The van der Waals surface area contributed by atoms with Crippen LogP contribution in [0.25, 0.3) is 11.0 Å². The molecule has 1 aromatic heterocycles. The van der Waals surface area contributed by atoms with Crippen LogP contribution in [0.2, 0.25) is 0 Å². The minimum absolute atomic E-state index is 0.135. The maximum Gasteiger partial charge on any atom is 0.251 e. The number of nitrogens with zero attached hydrogens (tertiary/aromatic N) is 2. The number of hydrogen-bond donors (Lipinski definition) is 1. The predicted molar refractivity (Wildman–Crippen MR) is 131 cm³/mol. The van der Waals surface area contributed by atoms with Crippen molar-refractivity contribution in [3.63, 3.8) is 0 Å². The third-order valence-corrected chi connectivity index (χ3v) is 5.92. The highest BCUT2D eigenvalue weighted by Crippen LogP contribution is 2.23. The third kappa shape index (κ3) is 4.86. The van der Waals surface area contributed by atoms with Gasteiger partial charge in [-0.25, -0.2) is 4.98 Å². The molecule has 0 saturated heterocycles. The lowest BCUT2D eigenvalue weighted by Crippen LogP contribution is -2.29. The first-order valence-corrected chi connectivity index (χ1v) is 11.4. The highest BCUT2D eigenvalue weighted by molar-refractivity contribution is 9.10. The van der Waals surface area contributed by atoms with Gasteiger partial charge in [0.1, 0.15) is 18.2 Å². The van der Waals surface area contributed by atoms with Crippen LogP contribution in [0.5, 0.6) is 5.75 Å². The molecular formula is C26H26BrN3O2. The summed E-state index contributed by atoms with van der Waals surface area (Å²) in [4.78, 5) is 17.6. The Labute approximate surface area is 196 Å². The molecule has 0 fully saturated rings. The van der Waals surface area contributed by atoms with Crippen molar-refractivity contribution >= 4 is 32.9 Å². The van der Waals surface area contributed by atoms with E-state index in [1.54, 1.807) is 6.07 Å². The third-order valence-electron chi connectivity index (χ3n) is 5.42. The number of fused-ring (bicyclic) bond motifs is 1. The van der Waals surface area contributed by atoms with Gasteiger partial charge >= 0.3 is 0 Å². The number of aromatic nitrogens is 2. The van der Waals surface area contributed by atoms with E-state index in [2.05, 4.69) is 50.9 Å². The molecule has 6 heteroatoms. The zero-order valence-electron chi connectivity index (χ0n) is 18.4. The van der Waals surface area contributed by atoms with Crippen molar-refractivity contribution in [3.05, 3.63) is 93.7 Å². The molecule has 5 nitrogen and oxygen atoms in total. The average Bonchev–Trinajstić information content (AvgIpc) is 3.15. The largest absolute Gasteiger partial charge is 0.491 e. The summed E-state index contributed by atoms with van der Waals surface area (Å²) >= 11 is 3.42. The number of carbonyl (C=O) groups excluding carboxylic acids is 1. The molecule has 0 bridgehead atoms. The maximum atomic E-state index is 12.8. The first-order valence-electron chi connectivity index (χ1n) is 10.6. The Bertz CT molecular complexity index is 1270. The van der Waals surface area contributed by atoms with Crippen LogP contribution in [0.15, 0.2) is 71.2 Å². The number of imidazole rings is 1. The quantitative estimate of drug-likeness (QED) is 0.345. The van der Waals surface area contributed by atoms with E-state index >= 15 is 0 Å². The van der Waals surface area contributed by atoms with Gasteiger partial charge in [-0.1, -0.05) is 46.3 Å². The Morgan fingerprint density at radius 3 is 2.72 bits per heavy atom. The summed E-state index contributed by atoms with van der Waals surface area (Å²) in [5, 5.41) is 3.08. The van der Waals surface area contributed by atoms with Gasteiger partial charge in [0.05, 0.1) is 23.6 Å². The molecule has 1 heterocycles. The minimum Gasteiger partial charge on any atom is -0.491 e. The van der Waals surface area contributed by atoms with E-state index in [1.165, 1.54) is 5.56 Å². The molecule has 0 saturated carbocycles. The summed E-state index contributed by atoms with van der Waals surface area (Å²) in [6.07, 6.45) is 0. The lowest BCUT2D eigenvalue weighted by atomic mass is 10.1. The molecule has 164 valence electrons. The molecule has 0 spiro atoms. The zero-order valence-corrected chi connectivity index (χ0v) is 20.0. The van der Waals surface area contributed by atoms with E-state index in [9.17, 15) is 4.79 Å². The van der Waals surface area contributed by atoms with Crippen LogP contribution >= 0.6 is 15.9 Å². The van der Waals surface area contributed by atoms with Crippen LogP contribution in [0.1, 0.15) is 40.3 Å². The molecule has 1 atom stereocenters. The van der Waals surface area contributed by atoms with Crippen LogP contribution in [0, 0.1) is 13.8 Å². The fourth-order valence-electron chi connectivity index (χ4n) is 3.74. The van der Waals surface area contributed by atoms with E-state index in [0.717, 1.165) is 32.6 Å². The number of aryl methyl sites for hydroxylation is 2. The maximum absolute atomic E-state index is 12.8. The summed E-state index contributed by atoms with van der Waals surface area (Å²) < 4.78 is 9.10. The van der Waals surface area contributed by atoms with Crippen molar-refractivity contribution in [1.82, 2.24) is 14.9 Å². The Hall–Kier alpha value is -3.12. The molecule has 0 aliphatic carbocycles. The minimum atomic E-state index is -0.269. The van der Waals surface area contributed by atoms with Gasteiger partial charge < -0.3 is 14.6 Å². The highest BCUT2D eigenvalue weighted by atomic mass is 79.9. The molecule has 32 heavy (non-hydrogen) atoms. The zero-order chi connectivity index (χ0) is 22.7. The molecule has 3 aromatic carbocycles. The molecule has 0 radical (unpaired) electrons. The van der Waals surface area contributed by atoms with Crippen molar-refractivity contribution in [2.24, 2.45) is 0 Å². The van der Waals surface area contributed by atoms with Gasteiger partial charge in [-0.15, -0.1) is 0 Å². The van der Waals surface area contributed by atoms with Gasteiger partial charge in [0.2, 0.25) is 0 Å². The summed E-state index contributed by atoms with van der Waals surface area (Å²) in [5.74, 6) is 1.56. The molecule has 0 aliphatic rings. The van der Waals surface area contributed by atoms with Gasteiger partial charge in [-0.3, -0.25) is 4.79 Å². The molecule has 1 amide bonds. The van der Waals surface area contributed by atoms with Gasteiger partial charge in [-0.05, 0) is 68.3 Å². The molecule has 4 aromatic rings. The van der Waals surface area contributed by atoms with Crippen molar-refractivity contribution in [1.29, 1.82) is 0 Å². The number of benzene rings is 3. The van der Waals surface area contributed by atoms with Crippen LogP contribution in [-0.2, 0) is 6.54 Å². The fraction of sp³-hybridized carbons (Fsp3) is 0.231. The SMILES string of the molecule is Cc1ccc(C)c(OCCn2c(C(C)NC(=O)c3cccc(Br)c3)nc3ccccc32)c1. The number of hydrogen-bond acceptors (Lipinski definition) is 3. The number of amides is 1. The Morgan fingerprint density at radius 2 is 1.91 bits per heavy atom. The summed E-state index contributed by atoms with van der Waals surface area (Å²) in [7, 11) is 0. The lowest BCUT2D eigenvalue weighted by molar-refractivity contribution is 0.0937. The van der Waals surface area contributed by atoms with Crippen LogP contribution in [-0.4, -0.2) is 22.1 Å². The average molecular weight is 492 g/mol. The van der Waals surface area contributed by atoms with Crippen molar-refractivity contribution in [2.45, 2.75) is 33.4 Å². The topological polar surface area (TPSA) is 56.1 Å². The van der Waals surface area contributed by atoms with E-state index in [-0.39, 0.29) is 11.9 Å². The Kier molecular flexibility index (Phi) is 6.61. The Morgan fingerprint density at radius 1 is 1.09 bits per heavy atom. The van der Waals surface area contributed by atoms with Gasteiger partial charge in [0.25, 0.3) is 5.91 Å². The first-order chi connectivity index (χ1) is 15.4. The van der Waals surface area contributed by atoms with Crippen LogP contribution < -0.4 is 10.1 Å². The number of halogens is 1. The molecule has 1 N–H and O–H groups in total. The second-order valence-corrected chi connectivity index (χ2v) is 8.85. The summed E-state index contributed by atoms with van der Waals surface area (Å²) in [6.45, 7) is 7.19. The van der Waals surface area contributed by atoms with E-state index < -0.39 is 0 Å². The molecule has 1 unspecified atom stereocenters. The fourth-order valence-corrected chi connectivity index (χ4v) is 4.14. The second kappa shape index (κ2) is 9.57. The summed E-state index contributed by atoms with van der Waals surface area (Å²) in [5.41, 5.74) is 4.81. The summed E-state index contributed by atoms with van der Waals surface area (Å²) in [6, 6.07) is 21.3. The first kappa shape index (κ1) is 22.1. The van der Waals surface area contributed by atoms with E-state index in [0.29, 0.717) is 18.7 Å². The van der Waals surface area contributed by atoms with Gasteiger partial charge in [0.15, 0.2) is 0 Å². The number of ether oxygens (including phenoxy) is 1. The van der Waals surface area contributed by atoms with E-state index in [1.807, 2.05) is 56.3 Å². The number of carbonyl (C=O) groups is 1. The van der Waals surface area contributed by atoms with Crippen LogP contribution in [0.3, 0.4) is 0 Å². The monoisotopic (exact) mass is 491 g/mol. The van der Waals surface area contributed by atoms with Crippen LogP contribution in [0.4, 0.5) is 0 Å².